The number of hydrogen-bond donors (Lipinski definition) is 3. The number of hydrogen-bond acceptors (Lipinski definition) is 4. The van der Waals surface area contributed by atoms with Crippen LogP contribution in [0.1, 0.15) is 6.42 Å². The fourth-order valence-corrected chi connectivity index (χ4v) is 1.51. The van der Waals surface area contributed by atoms with Crippen molar-refractivity contribution >= 4 is 17.8 Å². The largest absolute Gasteiger partial charge is 0.481 e. The van der Waals surface area contributed by atoms with Crippen LogP contribution in [0.4, 0.5) is 0 Å². The maximum Gasteiger partial charge on any atom is 0.317 e. The molecular formula is C8H12N2O5. The molecule has 1 atom stereocenters. The van der Waals surface area contributed by atoms with Crippen molar-refractivity contribution in [2.45, 2.75) is 12.5 Å². The number of aliphatic carboxylic acids is 2. The van der Waals surface area contributed by atoms with Crippen molar-refractivity contribution < 1.29 is 24.6 Å². The Labute approximate surface area is 85.7 Å². The highest BCUT2D eigenvalue weighted by atomic mass is 16.4. The number of carbonyl (C=O) groups excluding carboxylic acids is 1. The lowest BCUT2D eigenvalue weighted by atomic mass is 10.1. The summed E-state index contributed by atoms with van der Waals surface area (Å²) in [5.41, 5.74) is 0. The van der Waals surface area contributed by atoms with E-state index in [-0.39, 0.29) is 13.0 Å². The molecule has 0 aromatic rings. The minimum absolute atomic E-state index is 0.314. The number of carboxylic acids is 2. The highest BCUT2D eigenvalue weighted by molar-refractivity contribution is 5.87. The lowest BCUT2D eigenvalue weighted by molar-refractivity contribution is -0.147. The Hall–Kier alpha value is -1.63. The van der Waals surface area contributed by atoms with Crippen LogP contribution in [-0.2, 0) is 14.4 Å². The molecule has 15 heavy (non-hydrogen) atoms. The van der Waals surface area contributed by atoms with Gasteiger partial charge in [-0.05, 0) is 0 Å². The fourth-order valence-electron chi connectivity index (χ4n) is 1.51. The van der Waals surface area contributed by atoms with Crippen LogP contribution in [0.5, 0.6) is 0 Å². The van der Waals surface area contributed by atoms with E-state index in [0.29, 0.717) is 13.1 Å². The summed E-state index contributed by atoms with van der Waals surface area (Å²) in [6, 6.07) is -0.882. The smallest absolute Gasteiger partial charge is 0.317 e. The Morgan fingerprint density at radius 1 is 1.40 bits per heavy atom. The van der Waals surface area contributed by atoms with Crippen LogP contribution >= 0.6 is 0 Å². The van der Waals surface area contributed by atoms with E-state index in [0.717, 1.165) is 0 Å². The Morgan fingerprint density at radius 2 is 2.07 bits per heavy atom. The third-order valence-electron chi connectivity index (χ3n) is 2.15. The zero-order valence-electron chi connectivity index (χ0n) is 7.97. The van der Waals surface area contributed by atoms with Gasteiger partial charge in [0, 0.05) is 13.1 Å². The normalized spacial score (nSPS) is 22.1. The summed E-state index contributed by atoms with van der Waals surface area (Å²) in [7, 11) is 0. The molecule has 7 nitrogen and oxygen atoms in total. The molecule has 84 valence electrons. The first-order valence-electron chi connectivity index (χ1n) is 4.46. The lowest BCUT2D eigenvalue weighted by Crippen LogP contribution is -2.57. The number of nitrogens with one attached hydrogen (secondary N) is 1. The molecule has 0 unspecified atom stereocenters. The number of nitrogens with zero attached hydrogens (tertiary/aromatic N) is 1. The van der Waals surface area contributed by atoms with E-state index in [4.69, 9.17) is 10.2 Å². The highest BCUT2D eigenvalue weighted by Crippen LogP contribution is 2.08. The third kappa shape index (κ3) is 3.21. The second-order valence-corrected chi connectivity index (χ2v) is 3.27. The molecule has 1 aliphatic rings. The van der Waals surface area contributed by atoms with Crippen molar-refractivity contribution in [3.8, 4) is 0 Å². The molecule has 0 radical (unpaired) electrons. The van der Waals surface area contributed by atoms with E-state index in [2.05, 4.69) is 5.32 Å². The molecule has 3 N–H and O–H groups in total. The molecule has 1 fully saturated rings. The van der Waals surface area contributed by atoms with Crippen LogP contribution in [0.2, 0.25) is 0 Å². The number of amides is 1. The van der Waals surface area contributed by atoms with E-state index in [1.807, 2.05) is 0 Å². The van der Waals surface area contributed by atoms with E-state index >= 15 is 0 Å². The monoisotopic (exact) mass is 216 g/mol. The van der Waals surface area contributed by atoms with E-state index in [1.54, 1.807) is 0 Å². The maximum atomic E-state index is 11.3. The molecule has 0 spiro atoms. The molecule has 1 amide bonds. The second kappa shape index (κ2) is 4.74. The van der Waals surface area contributed by atoms with Gasteiger partial charge >= 0.3 is 11.9 Å². The Balaban J connectivity index is 2.67. The molecule has 1 heterocycles. The van der Waals surface area contributed by atoms with Crippen molar-refractivity contribution in [1.29, 1.82) is 0 Å². The summed E-state index contributed by atoms with van der Waals surface area (Å²) >= 11 is 0. The molecule has 0 saturated carbocycles. The number of carboxylic acid groups (broad SMARTS) is 2. The standard InChI is InChI=1S/C8H12N2O5/c11-6(12)3-5-8(15)9-1-2-10(5)4-7(13)14/h5H,1-4H2,(H,9,15)(H,11,12)(H,13,14)/t5-/m1/s1. The van der Waals surface area contributed by atoms with Crippen molar-refractivity contribution in [3.63, 3.8) is 0 Å². The first-order valence-corrected chi connectivity index (χ1v) is 4.46. The molecule has 0 aliphatic carbocycles. The minimum atomic E-state index is -1.12. The Kier molecular flexibility index (Phi) is 3.62. The summed E-state index contributed by atoms with van der Waals surface area (Å²) < 4.78 is 0. The van der Waals surface area contributed by atoms with Gasteiger partial charge in [0.15, 0.2) is 0 Å². The van der Waals surface area contributed by atoms with Crippen molar-refractivity contribution in [3.05, 3.63) is 0 Å². The van der Waals surface area contributed by atoms with Crippen molar-refractivity contribution in [2.24, 2.45) is 0 Å². The molecule has 0 bridgehead atoms. The van der Waals surface area contributed by atoms with Gasteiger partial charge in [0.1, 0.15) is 6.04 Å². The van der Waals surface area contributed by atoms with Crippen LogP contribution in [0, 0.1) is 0 Å². The van der Waals surface area contributed by atoms with Gasteiger partial charge in [0.05, 0.1) is 13.0 Å². The number of piperazine rings is 1. The molecular weight excluding hydrogens is 204 g/mol. The van der Waals surface area contributed by atoms with Crippen molar-refractivity contribution in [1.82, 2.24) is 10.2 Å². The van der Waals surface area contributed by atoms with E-state index in [9.17, 15) is 14.4 Å². The fraction of sp³-hybridized carbons (Fsp3) is 0.625. The minimum Gasteiger partial charge on any atom is -0.481 e. The first kappa shape index (κ1) is 11.4. The molecule has 0 aromatic heterocycles. The van der Waals surface area contributed by atoms with Gasteiger partial charge in [-0.25, -0.2) is 0 Å². The first-order chi connectivity index (χ1) is 7.00. The maximum absolute atomic E-state index is 11.3. The van der Waals surface area contributed by atoms with E-state index < -0.39 is 23.9 Å². The molecule has 1 saturated heterocycles. The summed E-state index contributed by atoms with van der Waals surface area (Å²) in [6.07, 6.45) is -0.376. The van der Waals surface area contributed by atoms with Crippen LogP contribution in [0.25, 0.3) is 0 Å². The SMILES string of the molecule is O=C(O)C[C@@H]1C(=O)NCCN1CC(=O)O. The molecule has 0 aromatic carbocycles. The summed E-state index contributed by atoms with van der Waals surface area (Å²) in [4.78, 5) is 33.6. The van der Waals surface area contributed by atoms with Gasteiger partial charge in [-0.15, -0.1) is 0 Å². The van der Waals surface area contributed by atoms with Gasteiger partial charge in [-0.2, -0.15) is 0 Å². The summed E-state index contributed by atoms with van der Waals surface area (Å²) in [5.74, 6) is -2.61. The van der Waals surface area contributed by atoms with Gasteiger partial charge in [0.25, 0.3) is 0 Å². The third-order valence-corrected chi connectivity index (χ3v) is 2.15. The van der Waals surface area contributed by atoms with Crippen LogP contribution in [0.15, 0.2) is 0 Å². The summed E-state index contributed by atoms with van der Waals surface area (Å²) in [6.45, 7) is 0.392. The van der Waals surface area contributed by atoms with Gasteiger partial charge in [-0.1, -0.05) is 0 Å². The topological polar surface area (TPSA) is 107 Å². The average Bonchev–Trinajstić information content (AvgIpc) is 2.09. The summed E-state index contributed by atoms with van der Waals surface area (Å²) in [5, 5.41) is 19.7. The lowest BCUT2D eigenvalue weighted by Gasteiger charge is -2.32. The average molecular weight is 216 g/mol. The predicted molar refractivity (Wildman–Crippen MR) is 48.3 cm³/mol. The Bertz CT molecular complexity index is 291. The van der Waals surface area contributed by atoms with Gasteiger partial charge < -0.3 is 15.5 Å². The van der Waals surface area contributed by atoms with Gasteiger partial charge in [0.2, 0.25) is 5.91 Å². The van der Waals surface area contributed by atoms with Crippen molar-refractivity contribution in [2.75, 3.05) is 19.6 Å². The number of carbonyl (C=O) groups is 3. The molecule has 7 heteroatoms. The zero-order chi connectivity index (χ0) is 11.4. The van der Waals surface area contributed by atoms with Crippen LogP contribution in [-0.4, -0.2) is 58.6 Å². The van der Waals surface area contributed by atoms with E-state index in [1.165, 1.54) is 4.90 Å². The van der Waals surface area contributed by atoms with Crippen LogP contribution < -0.4 is 5.32 Å². The molecule has 1 aliphatic heterocycles. The number of rotatable bonds is 4. The van der Waals surface area contributed by atoms with Gasteiger partial charge in [-0.3, -0.25) is 19.3 Å². The van der Waals surface area contributed by atoms with Crippen LogP contribution in [0.3, 0.4) is 0 Å². The predicted octanol–water partition coefficient (Wildman–Crippen LogP) is -1.65. The Morgan fingerprint density at radius 3 is 2.60 bits per heavy atom. The zero-order valence-corrected chi connectivity index (χ0v) is 7.97. The highest BCUT2D eigenvalue weighted by Gasteiger charge is 2.32. The quantitative estimate of drug-likeness (QED) is 0.519. The molecule has 1 rings (SSSR count). The second-order valence-electron chi connectivity index (χ2n) is 3.27.